The second kappa shape index (κ2) is 7.19. The van der Waals surface area contributed by atoms with Crippen LogP contribution in [0.2, 0.25) is 0 Å². The Kier molecular flexibility index (Phi) is 4.99. The van der Waals surface area contributed by atoms with Crippen LogP contribution in [0.3, 0.4) is 0 Å². The number of pyridine rings is 1. The second-order valence-electron chi connectivity index (χ2n) is 6.42. The molecule has 0 fully saturated rings. The van der Waals surface area contributed by atoms with Crippen LogP contribution in [0.1, 0.15) is 30.5 Å². The van der Waals surface area contributed by atoms with E-state index in [9.17, 15) is 9.59 Å². The third-order valence-corrected chi connectivity index (χ3v) is 5.27. The van der Waals surface area contributed by atoms with Crippen molar-refractivity contribution in [1.82, 2.24) is 14.5 Å². The molecule has 0 saturated carbocycles. The van der Waals surface area contributed by atoms with Crippen molar-refractivity contribution in [3.05, 3.63) is 63.0 Å². The van der Waals surface area contributed by atoms with E-state index in [1.165, 1.54) is 4.57 Å². The number of thiazole rings is 1. The Balaban J connectivity index is 1.73. The second-order valence-corrected chi connectivity index (χ2v) is 7.31. The molecule has 0 radical (unpaired) electrons. The predicted molar refractivity (Wildman–Crippen MR) is 101 cm³/mol. The molecule has 0 atom stereocenters. The number of rotatable bonds is 5. The van der Waals surface area contributed by atoms with Gasteiger partial charge in [-0.2, -0.15) is 0 Å². The number of likely N-dealkylation sites (N-methyl/N-ethyl adjacent to an activating group) is 1. The highest BCUT2D eigenvalue weighted by Gasteiger charge is 2.14. The van der Waals surface area contributed by atoms with Gasteiger partial charge < -0.3 is 9.47 Å². The van der Waals surface area contributed by atoms with E-state index in [4.69, 9.17) is 0 Å². The van der Waals surface area contributed by atoms with Crippen LogP contribution in [0.5, 0.6) is 0 Å². The summed E-state index contributed by atoms with van der Waals surface area (Å²) < 4.78 is 1.46. The third-order valence-electron chi connectivity index (χ3n) is 4.08. The van der Waals surface area contributed by atoms with Gasteiger partial charge in [0.15, 0.2) is 0 Å². The molecule has 2 heterocycles. The number of hydrogen-bond donors (Lipinski definition) is 0. The zero-order valence-electron chi connectivity index (χ0n) is 14.6. The minimum Gasteiger partial charge on any atom is -0.338 e. The lowest BCUT2D eigenvalue weighted by molar-refractivity contribution is -0.131. The van der Waals surface area contributed by atoms with Crippen LogP contribution in [-0.4, -0.2) is 27.4 Å². The Morgan fingerprint density at radius 1 is 1.28 bits per heavy atom. The van der Waals surface area contributed by atoms with Crippen molar-refractivity contribution in [2.45, 2.75) is 32.9 Å². The monoisotopic (exact) mass is 355 g/mol. The van der Waals surface area contributed by atoms with E-state index in [1.807, 2.05) is 29.6 Å². The quantitative estimate of drug-likeness (QED) is 0.706. The number of amides is 1. The smallest absolute Gasteiger partial charge is 0.258 e. The predicted octanol–water partition coefficient (Wildman–Crippen LogP) is 3.24. The zero-order valence-corrected chi connectivity index (χ0v) is 15.4. The summed E-state index contributed by atoms with van der Waals surface area (Å²) in [5.41, 5.74) is 0.742. The van der Waals surface area contributed by atoms with Gasteiger partial charge in [0.2, 0.25) is 5.91 Å². The van der Waals surface area contributed by atoms with Crippen molar-refractivity contribution in [2.75, 3.05) is 7.05 Å². The first-order valence-electron chi connectivity index (χ1n) is 8.22. The lowest BCUT2D eigenvalue weighted by Gasteiger charge is -2.17. The van der Waals surface area contributed by atoms with Gasteiger partial charge >= 0.3 is 0 Å². The van der Waals surface area contributed by atoms with E-state index in [2.05, 4.69) is 18.8 Å². The molecule has 0 saturated heterocycles. The molecule has 0 aliphatic rings. The van der Waals surface area contributed by atoms with Gasteiger partial charge in [-0.1, -0.05) is 32.0 Å². The van der Waals surface area contributed by atoms with Crippen molar-refractivity contribution in [2.24, 2.45) is 0 Å². The number of carbonyl (C=O) groups excluding carboxylic acids is 1. The van der Waals surface area contributed by atoms with Crippen molar-refractivity contribution < 1.29 is 4.79 Å². The van der Waals surface area contributed by atoms with Crippen molar-refractivity contribution >= 4 is 28.0 Å². The summed E-state index contributed by atoms with van der Waals surface area (Å²) in [5, 5.41) is 4.57. The maximum absolute atomic E-state index is 12.5. The average molecular weight is 355 g/mol. The van der Waals surface area contributed by atoms with Gasteiger partial charge in [0.1, 0.15) is 6.54 Å². The van der Waals surface area contributed by atoms with Crippen LogP contribution >= 0.6 is 11.3 Å². The Bertz CT molecular complexity index is 958. The molecular weight excluding hydrogens is 334 g/mol. The summed E-state index contributed by atoms with van der Waals surface area (Å²) in [7, 11) is 1.74. The minimum absolute atomic E-state index is 0.0291. The van der Waals surface area contributed by atoms with Gasteiger partial charge in [0, 0.05) is 29.9 Å². The first kappa shape index (κ1) is 17.4. The topological polar surface area (TPSA) is 55.2 Å². The molecule has 0 aliphatic carbocycles. The van der Waals surface area contributed by atoms with E-state index < -0.39 is 0 Å². The van der Waals surface area contributed by atoms with E-state index in [-0.39, 0.29) is 18.0 Å². The molecule has 3 rings (SSSR count). The number of carbonyl (C=O) groups is 1. The highest BCUT2D eigenvalue weighted by molar-refractivity contribution is 7.09. The fourth-order valence-corrected chi connectivity index (χ4v) is 3.44. The molecule has 3 aromatic rings. The normalized spacial score (nSPS) is 11.2. The Morgan fingerprint density at radius 3 is 2.76 bits per heavy atom. The molecule has 0 bridgehead atoms. The summed E-state index contributed by atoms with van der Waals surface area (Å²) in [6, 6.07) is 9.26. The number of benzene rings is 1. The molecular formula is C19H21N3O2S. The number of fused-ring (bicyclic) bond motifs is 1. The van der Waals surface area contributed by atoms with Crippen LogP contribution in [0.25, 0.3) is 10.8 Å². The maximum Gasteiger partial charge on any atom is 0.258 e. The van der Waals surface area contributed by atoms with Gasteiger partial charge in [-0.3, -0.25) is 9.59 Å². The maximum atomic E-state index is 12.5. The standard InChI is InChI=1S/C19H21N3O2S/c1-13(2)18-20-15(12-25-18)10-21(3)17(23)11-22-9-8-14-6-4-5-7-16(14)19(22)24/h4-9,12-13H,10-11H2,1-3H3. The summed E-state index contributed by atoms with van der Waals surface area (Å²) in [6.07, 6.45) is 1.68. The van der Waals surface area contributed by atoms with Crippen LogP contribution in [0.4, 0.5) is 0 Å². The summed E-state index contributed by atoms with van der Waals surface area (Å²) in [4.78, 5) is 31.2. The summed E-state index contributed by atoms with van der Waals surface area (Å²) in [6.45, 7) is 4.68. The van der Waals surface area contributed by atoms with E-state index >= 15 is 0 Å². The number of hydrogen-bond acceptors (Lipinski definition) is 4. The zero-order chi connectivity index (χ0) is 18.0. The Labute approximate surface area is 150 Å². The van der Waals surface area contributed by atoms with Crippen molar-refractivity contribution in [3.63, 3.8) is 0 Å². The highest BCUT2D eigenvalue weighted by atomic mass is 32.1. The van der Waals surface area contributed by atoms with E-state index in [0.717, 1.165) is 16.1 Å². The lowest BCUT2D eigenvalue weighted by Crippen LogP contribution is -2.33. The van der Waals surface area contributed by atoms with Gasteiger partial charge in [0.05, 0.1) is 17.2 Å². The highest BCUT2D eigenvalue weighted by Crippen LogP contribution is 2.19. The molecule has 2 aromatic heterocycles. The molecule has 1 amide bonds. The molecule has 0 spiro atoms. The van der Waals surface area contributed by atoms with Gasteiger partial charge in [0.25, 0.3) is 5.56 Å². The molecule has 1 aromatic carbocycles. The van der Waals surface area contributed by atoms with Crippen LogP contribution in [-0.2, 0) is 17.9 Å². The van der Waals surface area contributed by atoms with Crippen LogP contribution in [0.15, 0.2) is 46.7 Å². The van der Waals surface area contributed by atoms with Gasteiger partial charge in [-0.15, -0.1) is 11.3 Å². The van der Waals surface area contributed by atoms with Crippen molar-refractivity contribution in [3.8, 4) is 0 Å². The summed E-state index contributed by atoms with van der Waals surface area (Å²) >= 11 is 1.61. The fraction of sp³-hybridized carbons (Fsp3) is 0.316. The van der Waals surface area contributed by atoms with Crippen LogP contribution < -0.4 is 5.56 Å². The number of nitrogens with zero attached hydrogens (tertiary/aromatic N) is 3. The first-order chi connectivity index (χ1) is 12.0. The SMILES string of the molecule is CC(C)c1nc(CN(C)C(=O)Cn2ccc3ccccc3c2=O)cs1. The van der Waals surface area contributed by atoms with E-state index in [1.54, 1.807) is 35.5 Å². The van der Waals surface area contributed by atoms with Crippen molar-refractivity contribution in [1.29, 1.82) is 0 Å². The molecule has 0 N–H and O–H groups in total. The molecule has 0 aliphatic heterocycles. The summed E-state index contributed by atoms with van der Waals surface area (Å²) in [5.74, 6) is 0.271. The Morgan fingerprint density at radius 2 is 2.04 bits per heavy atom. The average Bonchev–Trinajstić information content (AvgIpc) is 3.06. The van der Waals surface area contributed by atoms with Crippen LogP contribution in [0, 0.1) is 0 Å². The molecule has 5 nitrogen and oxygen atoms in total. The minimum atomic E-state index is -0.143. The van der Waals surface area contributed by atoms with Gasteiger partial charge in [-0.25, -0.2) is 4.98 Å². The van der Waals surface area contributed by atoms with Gasteiger partial charge in [-0.05, 0) is 17.5 Å². The fourth-order valence-electron chi connectivity index (χ4n) is 2.61. The largest absolute Gasteiger partial charge is 0.338 e. The van der Waals surface area contributed by atoms with E-state index in [0.29, 0.717) is 17.8 Å². The lowest BCUT2D eigenvalue weighted by atomic mass is 10.2. The number of aromatic nitrogens is 2. The molecule has 130 valence electrons. The molecule has 6 heteroatoms. The molecule has 0 unspecified atom stereocenters. The molecule has 25 heavy (non-hydrogen) atoms. The first-order valence-corrected chi connectivity index (χ1v) is 9.10. The third kappa shape index (κ3) is 3.79. The Hall–Kier alpha value is -2.47.